The van der Waals surface area contributed by atoms with Gasteiger partial charge in [0.25, 0.3) is 11.8 Å². The van der Waals surface area contributed by atoms with Gasteiger partial charge in [-0.3, -0.25) is 0 Å². The van der Waals surface area contributed by atoms with Gasteiger partial charge in [-0.1, -0.05) is 20.8 Å². The zero-order valence-electron chi connectivity index (χ0n) is 12.4. The van der Waals surface area contributed by atoms with E-state index < -0.39 is 25.1 Å². The minimum Gasteiger partial charge on any atom is -0.375 e. The molecule has 0 fully saturated rings. The molecule has 0 aromatic rings. The van der Waals surface area contributed by atoms with Crippen LogP contribution in [0.25, 0.3) is 0 Å². The highest BCUT2D eigenvalue weighted by Gasteiger charge is 2.21. The molecule has 0 aliphatic heterocycles. The molecular formula is C13H26F4O2. The van der Waals surface area contributed by atoms with Crippen molar-refractivity contribution in [3.8, 4) is 0 Å². The average Bonchev–Trinajstić information content (AvgIpc) is 2.14. The van der Waals surface area contributed by atoms with E-state index in [1.54, 1.807) is 0 Å². The van der Waals surface area contributed by atoms with Crippen molar-refractivity contribution >= 4 is 0 Å². The molecule has 2 nitrogen and oxygen atoms in total. The first kappa shape index (κ1) is 20.9. The lowest BCUT2D eigenvalue weighted by Crippen LogP contribution is -2.20. The first-order chi connectivity index (χ1) is 8.48. The highest BCUT2D eigenvalue weighted by Crippen LogP contribution is 2.12. The highest BCUT2D eigenvalue weighted by molar-refractivity contribution is 4.55. The summed E-state index contributed by atoms with van der Waals surface area (Å²) in [6.45, 7) is 7.34. The zero-order valence-corrected chi connectivity index (χ0v) is 12.4. The van der Waals surface area contributed by atoms with E-state index in [1.165, 1.54) is 0 Å². The maximum atomic E-state index is 12.0. The van der Waals surface area contributed by atoms with Gasteiger partial charge in [-0.15, -0.1) is 0 Å². The predicted octanol–water partition coefficient (Wildman–Crippen LogP) is 4.38. The Morgan fingerprint density at radius 1 is 0.895 bits per heavy atom. The lowest BCUT2D eigenvalue weighted by atomic mass is 10.2. The quantitative estimate of drug-likeness (QED) is 0.488. The second-order valence-corrected chi connectivity index (χ2v) is 5.10. The zero-order chi connectivity index (χ0) is 15.5. The number of halogens is 4. The Morgan fingerprint density at radius 3 is 1.63 bits per heavy atom. The van der Waals surface area contributed by atoms with Gasteiger partial charge in [0.2, 0.25) is 0 Å². The summed E-state index contributed by atoms with van der Waals surface area (Å²) in [5, 5.41) is 0. The monoisotopic (exact) mass is 290 g/mol. The van der Waals surface area contributed by atoms with Crippen LogP contribution in [0.3, 0.4) is 0 Å². The summed E-state index contributed by atoms with van der Waals surface area (Å²) in [5.41, 5.74) is 0. The van der Waals surface area contributed by atoms with E-state index in [9.17, 15) is 17.6 Å². The lowest BCUT2D eigenvalue weighted by molar-refractivity contribution is -0.0673. The van der Waals surface area contributed by atoms with Crippen LogP contribution >= 0.6 is 0 Å². The predicted molar refractivity (Wildman–Crippen MR) is 68.0 cm³/mol. The van der Waals surface area contributed by atoms with Crippen LogP contribution in [0.4, 0.5) is 17.6 Å². The molecular weight excluding hydrogens is 264 g/mol. The first-order valence-electron chi connectivity index (χ1n) is 6.39. The molecule has 0 aromatic carbocycles. The average molecular weight is 290 g/mol. The number of ether oxygens (including phenoxy) is 2. The maximum Gasteiger partial charge on any atom is 0.268 e. The van der Waals surface area contributed by atoms with Crippen LogP contribution in [0, 0.1) is 5.92 Å². The SMILES string of the molecule is CC(C)COCC(C)(F)F.CCCOCC(C)(F)F. The molecule has 6 heteroatoms. The molecule has 19 heavy (non-hydrogen) atoms. The summed E-state index contributed by atoms with van der Waals surface area (Å²) < 4.78 is 57.2. The van der Waals surface area contributed by atoms with Gasteiger partial charge in [-0.05, 0) is 12.3 Å². The van der Waals surface area contributed by atoms with Gasteiger partial charge < -0.3 is 9.47 Å². The van der Waals surface area contributed by atoms with Crippen LogP contribution in [0.5, 0.6) is 0 Å². The molecule has 0 unspecified atom stereocenters. The topological polar surface area (TPSA) is 18.5 Å². The fourth-order valence-corrected chi connectivity index (χ4v) is 0.870. The molecule has 0 radical (unpaired) electrons. The Kier molecular flexibility index (Phi) is 11.5. The van der Waals surface area contributed by atoms with Gasteiger partial charge in [0.1, 0.15) is 13.2 Å². The molecule has 0 atom stereocenters. The summed E-state index contributed by atoms with van der Waals surface area (Å²) in [5.74, 6) is -5.04. The summed E-state index contributed by atoms with van der Waals surface area (Å²) in [7, 11) is 0. The normalized spacial score (nSPS) is 12.3. The Labute approximate surface area is 113 Å². The van der Waals surface area contributed by atoms with Crippen molar-refractivity contribution in [1.29, 1.82) is 0 Å². The van der Waals surface area contributed by atoms with Crippen molar-refractivity contribution in [2.24, 2.45) is 5.92 Å². The summed E-state index contributed by atoms with van der Waals surface area (Å²) in [4.78, 5) is 0. The van der Waals surface area contributed by atoms with Crippen molar-refractivity contribution in [1.82, 2.24) is 0 Å². The van der Waals surface area contributed by atoms with Crippen molar-refractivity contribution in [3.05, 3.63) is 0 Å². The molecule has 0 rings (SSSR count). The molecule has 0 heterocycles. The van der Waals surface area contributed by atoms with E-state index in [2.05, 4.69) is 4.74 Å². The number of hydrogen-bond donors (Lipinski definition) is 0. The highest BCUT2D eigenvalue weighted by atomic mass is 19.3. The third-order valence-electron chi connectivity index (χ3n) is 1.51. The van der Waals surface area contributed by atoms with E-state index in [0.29, 0.717) is 19.1 Å². The van der Waals surface area contributed by atoms with Crippen LogP contribution in [0.2, 0.25) is 0 Å². The molecule has 0 spiro atoms. The van der Waals surface area contributed by atoms with Crippen molar-refractivity contribution in [2.45, 2.75) is 52.9 Å². The number of hydrogen-bond acceptors (Lipinski definition) is 2. The molecule has 0 N–H and O–H groups in total. The number of rotatable bonds is 8. The van der Waals surface area contributed by atoms with Crippen molar-refractivity contribution in [2.75, 3.05) is 26.4 Å². The Hall–Kier alpha value is -0.360. The Balaban J connectivity index is 0. The molecule has 0 amide bonds. The minimum atomic E-state index is -2.69. The molecule has 118 valence electrons. The Morgan fingerprint density at radius 2 is 1.32 bits per heavy atom. The largest absolute Gasteiger partial charge is 0.375 e. The molecule has 0 aliphatic carbocycles. The number of alkyl halides is 4. The van der Waals surface area contributed by atoms with Gasteiger partial charge in [-0.2, -0.15) is 0 Å². The van der Waals surface area contributed by atoms with E-state index in [0.717, 1.165) is 20.3 Å². The first-order valence-corrected chi connectivity index (χ1v) is 6.39. The second kappa shape index (κ2) is 10.4. The third-order valence-corrected chi connectivity index (χ3v) is 1.51. The van der Waals surface area contributed by atoms with Crippen LogP contribution < -0.4 is 0 Å². The van der Waals surface area contributed by atoms with Crippen molar-refractivity contribution in [3.63, 3.8) is 0 Å². The van der Waals surface area contributed by atoms with Gasteiger partial charge in [-0.25, -0.2) is 17.6 Å². The molecule has 0 aliphatic rings. The smallest absolute Gasteiger partial charge is 0.268 e. The molecule has 0 aromatic heterocycles. The summed E-state index contributed by atoms with van der Waals surface area (Å²) in [6, 6.07) is 0. The summed E-state index contributed by atoms with van der Waals surface area (Å²) >= 11 is 0. The maximum absolute atomic E-state index is 12.0. The van der Waals surface area contributed by atoms with Crippen molar-refractivity contribution < 1.29 is 27.0 Å². The molecule has 0 bridgehead atoms. The van der Waals surface area contributed by atoms with Crippen LogP contribution in [-0.4, -0.2) is 38.3 Å². The Bertz CT molecular complexity index is 198. The molecule has 0 saturated heterocycles. The summed E-state index contributed by atoms with van der Waals surface area (Å²) in [6.07, 6.45) is 0.788. The fourth-order valence-electron chi connectivity index (χ4n) is 0.870. The van der Waals surface area contributed by atoms with Crippen LogP contribution in [-0.2, 0) is 9.47 Å². The van der Waals surface area contributed by atoms with Gasteiger partial charge >= 0.3 is 0 Å². The second-order valence-electron chi connectivity index (χ2n) is 5.10. The van der Waals surface area contributed by atoms with Gasteiger partial charge in [0.05, 0.1) is 0 Å². The van der Waals surface area contributed by atoms with Crippen LogP contribution in [0.1, 0.15) is 41.0 Å². The van der Waals surface area contributed by atoms with E-state index in [4.69, 9.17) is 4.74 Å². The fraction of sp³-hybridized carbons (Fsp3) is 1.00. The lowest BCUT2D eigenvalue weighted by Gasteiger charge is -2.11. The van der Waals surface area contributed by atoms with E-state index >= 15 is 0 Å². The van der Waals surface area contributed by atoms with E-state index in [1.807, 2.05) is 20.8 Å². The van der Waals surface area contributed by atoms with E-state index in [-0.39, 0.29) is 0 Å². The standard InChI is InChI=1S/C7H14F2O.C6H12F2O/c1-6(2)4-10-5-7(3,8)9;1-3-4-9-5-6(2,7)8/h6H,4-5H2,1-3H3;3-5H2,1-2H3. The third kappa shape index (κ3) is 27.0. The molecule has 0 saturated carbocycles. The van der Waals surface area contributed by atoms with Gasteiger partial charge in [0.15, 0.2) is 0 Å². The van der Waals surface area contributed by atoms with Crippen LogP contribution in [0.15, 0.2) is 0 Å². The van der Waals surface area contributed by atoms with Gasteiger partial charge in [0, 0.05) is 27.1 Å². The minimum absolute atomic E-state index is 0.322.